The summed E-state index contributed by atoms with van der Waals surface area (Å²) in [6.07, 6.45) is 1.81. The monoisotopic (exact) mass is 254 g/mol. The van der Waals surface area contributed by atoms with Gasteiger partial charge in [0.1, 0.15) is 5.75 Å². The van der Waals surface area contributed by atoms with E-state index in [-0.39, 0.29) is 6.61 Å². The Balaban J connectivity index is 2.58. The van der Waals surface area contributed by atoms with E-state index in [0.717, 1.165) is 28.0 Å². The van der Waals surface area contributed by atoms with E-state index in [9.17, 15) is 5.11 Å². The van der Waals surface area contributed by atoms with Crippen LogP contribution >= 0.6 is 0 Å². The number of rotatable bonds is 4. The maximum absolute atomic E-state index is 9.28. The minimum Gasteiger partial charge on any atom is -0.496 e. The molecule has 0 spiro atoms. The highest BCUT2D eigenvalue weighted by Gasteiger charge is 2.10. The van der Waals surface area contributed by atoms with E-state index in [2.05, 4.69) is 6.07 Å². The molecule has 0 aliphatic carbocycles. The normalized spacial score (nSPS) is 11.4. The number of hydrogen-bond acceptors (Lipinski definition) is 2. The Morgan fingerprint density at radius 3 is 2.53 bits per heavy atom. The molecule has 2 heteroatoms. The molecule has 2 aromatic rings. The van der Waals surface area contributed by atoms with Crippen molar-refractivity contribution in [2.24, 2.45) is 0 Å². The molecular weight excluding hydrogens is 236 g/mol. The summed E-state index contributed by atoms with van der Waals surface area (Å²) in [6.45, 7) is 2.05. The van der Waals surface area contributed by atoms with Crippen molar-refractivity contribution < 1.29 is 9.84 Å². The van der Waals surface area contributed by atoms with Crippen molar-refractivity contribution in [1.29, 1.82) is 0 Å². The average molecular weight is 254 g/mol. The van der Waals surface area contributed by atoms with Crippen LogP contribution < -0.4 is 4.74 Å². The molecule has 0 bridgehead atoms. The summed E-state index contributed by atoms with van der Waals surface area (Å²) in [7, 11) is 1.66. The van der Waals surface area contributed by atoms with Crippen LogP contribution in [0.5, 0.6) is 5.75 Å². The van der Waals surface area contributed by atoms with E-state index in [4.69, 9.17) is 4.74 Å². The second-order valence-corrected chi connectivity index (χ2v) is 4.37. The van der Waals surface area contributed by atoms with Crippen LogP contribution in [0, 0.1) is 6.92 Å². The fourth-order valence-electron chi connectivity index (χ4n) is 2.12. The van der Waals surface area contributed by atoms with Gasteiger partial charge < -0.3 is 9.84 Å². The molecule has 0 aliphatic rings. The van der Waals surface area contributed by atoms with Crippen molar-refractivity contribution in [2.75, 3.05) is 13.7 Å². The molecule has 1 N–H and O–H groups in total. The lowest BCUT2D eigenvalue weighted by Crippen LogP contribution is -1.95. The van der Waals surface area contributed by atoms with Crippen LogP contribution in [0.25, 0.3) is 5.57 Å². The Hall–Kier alpha value is -2.06. The number of methoxy groups -OCH3 is 1. The van der Waals surface area contributed by atoms with Crippen LogP contribution in [0.4, 0.5) is 0 Å². The predicted octanol–water partition coefficient (Wildman–Crippen LogP) is 3.43. The van der Waals surface area contributed by atoms with E-state index >= 15 is 0 Å². The standard InChI is InChI=1S/C17H18O2/c1-13-8-9-17(19-2)16(12-13)15(10-11-18)14-6-4-3-5-7-14/h3-10,12,18H,11H2,1-2H3/b15-10-. The van der Waals surface area contributed by atoms with Gasteiger partial charge in [-0.3, -0.25) is 0 Å². The molecule has 0 aliphatic heterocycles. The molecule has 98 valence electrons. The molecule has 0 fully saturated rings. The van der Waals surface area contributed by atoms with Crippen LogP contribution in [0.15, 0.2) is 54.6 Å². The van der Waals surface area contributed by atoms with Gasteiger partial charge in [0.2, 0.25) is 0 Å². The zero-order valence-electron chi connectivity index (χ0n) is 11.3. The summed E-state index contributed by atoms with van der Waals surface area (Å²) in [6, 6.07) is 16.1. The van der Waals surface area contributed by atoms with Crippen molar-refractivity contribution in [3.05, 3.63) is 71.3 Å². The highest BCUT2D eigenvalue weighted by Crippen LogP contribution is 2.31. The third-order valence-corrected chi connectivity index (χ3v) is 3.03. The fraction of sp³-hybridized carbons (Fsp3) is 0.176. The molecule has 2 aromatic carbocycles. The summed E-state index contributed by atoms with van der Waals surface area (Å²) >= 11 is 0. The number of aliphatic hydroxyl groups is 1. The lowest BCUT2D eigenvalue weighted by atomic mass is 9.95. The molecule has 0 unspecified atom stereocenters. The van der Waals surface area contributed by atoms with Gasteiger partial charge >= 0.3 is 0 Å². The quantitative estimate of drug-likeness (QED) is 0.905. The third-order valence-electron chi connectivity index (χ3n) is 3.03. The molecule has 0 atom stereocenters. The van der Waals surface area contributed by atoms with Crippen molar-refractivity contribution in [2.45, 2.75) is 6.92 Å². The van der Waals surface area contributed by atoms with Gasteiger partial charge in [0.05, 0.1) is 13.7 Å². The highest BCUT2D eigenvalue weighted by molar-refractivity contribution is 5.83. The van der Waals surface area contributed by atoms with Gasteiger partial charge in [-0.15, -0.1) is 0 Å². The molecule has 0 heterocycles. The highest BCUT2D eigenvalue weighted by atomic mass is 16.5. The zero-order chi connectivity index (χ0) is 13.7. The second kappa shape index (κ2) is 6.21. The maximum atomic E-state index is 9.28. The van der Waals surface area contributed by atoms with Crippen molar-refractivity contribution in [1.82, 2.24) is 0 Å². The van der Waals surface area contributed by atoms with Gasteiger partial charge in [-0.25, -0.2) is 0 Å². The predicted molar refractivity (Wildman–Crippen MR) is 78.3 cm³/mol. The Bertz CT molecular complexity index is 571. The molecule has 0 radical (unpaired) electrons. The van der Waals surface area contributed by atoms with E-state index in [0.29, 0.717) is 0 Å². The Labute approximate surface area is 114 Å². The van der Waals surface area contributed by atoms with Crippen LogP contribution in [0.3, 0.4) is 0 Å². The maximum Gasteiger partial charge on any atom is 0.126 e. The first-order chi connectivity index (χ1) is 9.26. The number of aryl methyl sites for hydroxylation is 1. The van der Waals surface area contributed by atoms with E-state index in [1.165, 1.54) is 0 Å². The fourth-order valence-corrected chi connectivity index (χ4v) is 2.12. The minimum atomic E-state index is 0.00131. The van der Waals surface area contributed by atoms with Gasteiger partial charge in [0.15, 0.2) is 0 Å². The van der Waals surface area contributed by atoms with Crippen molar-refractivity contribution in [3.8, 4) is 5.75 Å². The number of ether oxygens (including phenoxy) is 1. The first kappa shape index (κ1) is 13.4. The number of aliphatic hydroxyl groups excluding tert-OH is 1. The van der Waals surface area contributed by atoms with Crippen LogP contribution in [-0.4, -0.2) is 18.8 Å². The van der Waals surface area contributed by atoms with Gasteiger partial charge in [0, 0.05) is 5.56 Å². The van der Waals surface area contributed by atoms with Gasteiger partial charge in [-0.1, -0.05) is 48.0 Å². The first-order valence-corrected chi connectivity index (χ1v) is 6.27. The number of hydrogen-bond donors (Lipinski definition) is 1. The molecule has 0 amide bonds. The SMILES string of the molecule is COc1ccc(C)cc1/C(=C\CO)c1ccccc1. The molecule has 2 nitrogen and oxygen atoms in total. The largest absolute Gasteiger partial charge is 0.496 e. The van der Waals surface area contributed by atoms with Crippen molar-refractivity contribution in [3.63, 3.8) is 0 Å². The van der Waals surface area contributed by atoms with Gasteiger partial charge in [-0.05, 0) is 30.2 Å². The van der Waals surface area contributed by atoms with E-state index < -0.39 is 0 Å². The second-order valence-electron chi connectivity index (χ2n) is 4.37. The summed E-state index contributed by atoms with van der Waals surface area (Å²) in [4.78, 5) is 0. The van der Waals surface area contributed by atoms with Crippen LogP contribution in [0.2, 0.25) is 0 Å². The summed E-state index contributed by atoms with van der Waals surface area (Å²) < 4.78 is 5.43. The topological polar surface area (TPSA) is 29.5 Å². The first-order valence-electron chi connectivity index (χ1n) is 6.27. The third kappa shape index (κ3) is 3.04. The van der Waals surface area contributed by atoms with E-state index in [1.807, 2.05) is 55.5 Å². The lowest BCUT2D eigenvalue weighted by Gasteiger charge is -2.13. The molecule has 2 rings (SSSR count). The Morgan fingerprint density at radius 2 is 1.89 bits per heavy atom. The van der Waals surface area contributed by atoms with Gasteiger partial charge in [0.25, 0.3) is 0 Å². The zero-order valence-corrected chi connectivity index (χ0v) is 11.3. The molecule has 19 heavy (non-hydrogen) atoms. The number of benzene rings is 2. The lowest BCUT2D eigenvalue weighted by molar-refractivity contribution is 0.343. The van der Waals surface area contributed by atoms with Gasteiger partial charge in [-0.2, -0.15) is 0 Å². The van der Waals surface area contributed by atoms with Crippen LogP contribution in [-0.2, 0) is 0 Å². The average Bonchev–Trinajstić information content (AvgIpc) is 2.45. The smallest absolute Gasteiger partial charge is 0.126 e. The van der Waals surface area contributed by atoms with Crippen LogP contribution in [0.1, 0.15) is 16.7 Å². The van der Waals surface area contributed by atoms with E-state index in [1.54, 1.807) is 7.11 Å². The molecular formula is C17H18O2. The Kier molecular flexibility index (Phi) is 4.37. The minimum absolute atomic E-state index is 0.00131. The molecule has 0 aromatic heterocycles. The van der Waals surface area contributed by atoms with Crippen molar-refractivity contribution >= 4 is 5.57 Å². The molecule has 0 saturated heterocycles. The summed E-state index contributed by atoms with van der Waals surface area (Å²) in [5, 5.41) is 9.28. The summed E-state index contributed by atoms with van der Waals surface area (Å²) in [5.74, 6) is 0.814. The molecule has 0 saturated carbocycles. The summed E-state index contributed by atoms with van der Waals surface area (Å²) in [5.41, 5.74) is 4.22. The Morgan fingerprint density at radius 1 is 1.16 bits per heavy atom.